The lowest BCUT2D eigenvalue weighted by Gasteiger charge is -2.18. The quantitative estimate of drug-likeness (QED) is 0.556. The third-order valence-electron chi connectivity index (χ3n) is 3.62. The normalized spacial score (nSPS) is 11.0. The Hall–Kier alpha value is -2.22. The van der Waals surface area contributed by atoms with Crippen molar-refractivity contribution in [3.05, 3.63) is 59.7 Å². The van der Waals surface area contributed by atoms with Gasteiger partial charge in [-0.05, 0) is 35.4 Å². The van der Waals surface area contributed by atoms with Crippen LogP contribution in [-0.2, 0) is 4.74 Å². The molecule has 0 N–H and O–H groups in total. The van der Waals surface area contributed by atoms with Gasteiger partial charge in [0.25, 0.3) is 0 Å². The third kappa shape index (κ3) is 5.97. The van der Waals surface area contributed by atoms with Crippen molar-refractivity contribution < 1.29 is 14.2 Å². The maximum Gasteiger partial charge on any atom is 0.129 e. The van der Waals surface area contributed by atoms with E-state index in [0.717, 1.165) is 22.6 Å². The van der Waals surface area contributed by atoms with Crippen molar-refractivity contribution in [3.8, 4) is 23.0 Å². The van der Waals surface area contributed by atoms with Gasteiger partial charge in [-0.3, -0.25) is 0 Å². The van der Waals surface area contributed by atoms with Gasteiger partial charge in [-0.25, -0.2) is 0 Å². The van der Waals surface area contributed by atoms with E-state index >= 15 is 0 Å². The van der Waals surface area contributed by atoms with Crippen molar-refractivity contribution >= 4 is 8.07 Å². The van der Waals surface area contributed by atoms with Crippen LogP contribution in [0.3, 0.4) is 0 Å². The van der Waals surface area contributed by atoms with Crippen LogP contribution in [0.2, 0.25) is 19.6 Å². The first kappa shape index (κ1) is 19.1. The Bertz CT molecular complexity index is 671. The third-order valence-corrected chi connectivity index (χ3v) is 4.55. The molecule has 3 nitrogen and oxygen atoms in total. The summed E-state index contributed by atoms with van der Waals surface area (Å²) in [6, 6.07) is 15.9. The van der Waals surface area contributed by atoms with Gasteiger partial charge in [0, 0.05) is 0 Å². The zero-order chi connectivity index (χ0) is 18.3. The molecule has 0 aliphatic heterocycles. The monoisotopic (exact) mass is 354 g/mol. The number of rotatable bonds is 6. The van der Waals surface area contributed by atoms with Crippen LogP contribution in [0.5, 0.6) is 11.5 Å². The van der Waals surface area contributed by atoms with Gasteiger partial charge >= 0.3 is 0 Å². The zero-order valence-corrected chi connectivity index (χ0v) is 16.6. The lowest BCUT2D eigenvalue weighted by molar-refractivity contribution is 0.108. The Balaban J connectivity index is 2.24. The van der Waals surface area contributed by atoms with E-state index in [9.17, 15) is 0 Å². The van der Waals surface area contributed by atoms with Gasteiger partial charge in [0.2, 0.25) is 0 Å². The average Bonchev–Trinajstić information content (AvgIpc) is 2.61. The van der Waals surface area contributed by atoms with E-state index in [1.54, 1.807) is 14.2 Å². The van der Waals surface area contributed by atoms with Crippen LogP contribution in [0.25, 0.3) is 0 Å². The highest BCUT2D eigenvalue weighted by Gasteiger charge is 2.15. The van der Waals surface area contributed by atoms with Gasteiger partial charge in [0.05, 0.1) is 14.2 Å². The Labute approximate surface area is 151 Å². The van der Waals surface area contributed by atoms with Crippen LogP contribution in [0.4, 0.5) is 0 Å². The molecule has 0 atom stereocenters. The minimum Gasteiger partial charge on any atom is -0.497 e. The summed E-state index contributed by atoms with van der Waals surface area (Å²) in [6.45, 7) is 7.09. The molecule has 0 aliphatic rings. The molecule has 0 amide bonds. The van der Waals surface area contributed by atoms with Crippen LogP contribution in [0, 0.1) is 11.5 Å². The molecule has 0 radical (unpaired) electrons. The Morgan fingerprint density at radius 3 is 1.60 bits per heavy atom. The molecule has 0 fully saturated rings. The maximum atomic E-state index is 6.12. The molecule has 0 aliphatic carbocycles. The standard InChI is InChI=1S/C21H26O3Si/c1-22-19-11-7-17(8-12-19)21(24-15-6-16-25(3,4)5)18-9-13-20(23-2)14-10-18/h7-14,21H,15H2,1-5H3. The second-order valence-corrected chi connectivity index (χ2v) is 11.5. The minimum absolute atomic E-state index is 0.173. The SMILES string of the molecule is COc1ccc(C(OCC#C[Si](C)(C)C)c2ccc(OC)cc2)cc1. The highest BCUT2D eigenvalue weighted by atomic mass is 28.3. The van der Waals surface area contributed by atoms with Crippen LogP contribution in [0.15, 0.2) is 48.5 Å². The average molecular weight is 355 g/mol. The smallest absolute Gasteiger partial charge is 0.129 e. The first-order valence-electron chi connectivity index (χ1n) is 8.32. The van der Waals surface area contributed by atoms with Crippen molar-refractivity contribution in [2.75, 3.05) is 20.8 Å². The molecule has 0 saturated heterocycles. The summed E-state index contributed by atoms with van der Waals surface area (Å²) in [6.07, 6.45) is -0.173. The second-order valence-electron chi connectivity index (χ2n) is 6.79. The van der Waals surface area contributed by atoms with Gasteiger partial charge in [-0.2, -0.15) is 0 Å². The van der Waals surface area contributed by atoms with Crippen LogP contribution in [-0.4, -0.2) is 28.9 Å². The zero-order valence-electron chi connectivity index (χ0n) is 15.6. The number of hydrogen-bond donors (Lipinski definition) is 0. The fourth-order valence-corrected chi connectivity index (χ4v) is 2.97. The Morgan fingerprint density at radius 2 is 1.24 bits per heavy atom. The highest BCUT2D eigenvalue weighted by Crippen LogP contribution is 2.28. The number of ether oxygens (including phenoxy) is 3. The fourth-order valence-electron chi connectivity index (χ4n) is 2.37. The van der Waals surface area contributed by atoms with E-state index in [0.29, 0.717) is 6.61 Å². The molecular weight excluding hydrogens is 328 g/mol. The predicted molar refractivity (Wildman–Crippen MR) is 105 cm³/mol. The number of hydrogen-bond acceptors (Lipinski definition) is 3. The molecule has 25 heavy (non-hydrogen) atoms. The summed E-state index contributed by atoms with van der Waals surface area (Å²) >= 11 is 0. The van der Waals surface area contributed by atoms with E-state index in [4.69, 9.17) is 14.2 Å². The lowest BCUT2D eigenvalue weighted by atomic mass is 10.0. The van der Waals surface area contributed by atoms with Gasteiger partial charge in [0.15, 0.2) is 0 Å². The topological polar surface area (TPSA) is 27.7 Å². The van der Waals surface area contributed by atoms with Crippen LogP contribution >= 0.6 is 0 Å². The van der Waals surface area contributed by atoms with E-state index in [2.05, 4.69) is 31.1 Å². The summed E-state index contributed by atoms with van der Waals surface area (Å²) in [5.41, 5.74) is 5.48. The molecule has 0 bridgehead atoms. The molecule has 0 aromatic heterocycles. The van der Waals surface area contributed by atoms with Crippen molar-refractivity contribution in [1.29, 1.82) is 0 Å². The molecule has 132 valence electrons. The fraction of sp³-hybridized carbons (Fsp3) is 0.333. The van der Waals surface area contributed by atoms with E-state index in [1.807, 2.05) is 48.5 Å². The molecule has 2 aromatic carbocycles. The molecular formula is C21H26O3Si. The first-order chi connectivity index (χ1) is 11.9. The number of methoxy groups -OCH3 is 2. The summed E-state index contributed by atoms with van der Waals surface area (Å²) in [7, 11) is 1.94. The second kappa shape index (κ2) is 8.75. The van der Waals surface area contributed by atoms with Crippen LogP contribution < -0.4 is 9.47 Å². The molecule has 0 heterocycles. The molecule has 0 saturated carbocycles. The van der Waals surface area contributed by atoms with Crippen LogP contribution in [0.1, 0.15) is 17.2 Å². The Kier molecular flexibility index (Phi) is 6.69. The first-order valence-corrected chi connectivity index (χ1v) is 11.8. The van der Waals surface area contributed by atoms with Crippen molar-refractivity contribution in [1.82, 2.24) is 0 Å². The van der Waals surface area contributed by atoms with Crippen molar-refractivity contribution in [2.24, 2.45) is 0 Å². The highest BCUT2D eigenvalue weighted by molar-refractivity contribution is 6.83. The lowest BCUT2D eigenvalue weighted by Crippen LogP contribution is -2.17. The van der Waals surface area contributed by atoms with Gasteiger partial charge in [-0.1, -0.05) is 49.8 Å². The van der Waals surface area contributed by atoms with Gasteiger partial charge < -0.3 is 14.2 Å². The predicted octanol–water partition coefficient (Wildman–Crippen LogP) is 4.69. The summed E-state index contributed by atoms with van der Waals surface area (Å²) < 4.78 is 16.6. The Morgan fingerprint density at radius 1 is 0.800 bits per heavy atom. The van der Waals surface area contributed by atoms with Gasteiger partial charge in [-0.15, -0.1) is 5.54 Å². The van der Waals surface area contributed by atoms with Crippen molar-refractivity contribution in [2.45, 2.75) is 25.7 Å². The van der Waals surface area contributed by atoms with E-state index in [1.165, 1.54) is 0 Å². The molecule has 4 heteroatoms. The summed E-state index contributed by atoms with van der Waals surface area (Å²) in [5.74, 6) is 4.84. The minimum atomic E-state index is -1.39. The molecule has 0 unspecified atom stereocenters. The summed E-state index contributed by atoms with van der Waals surface area (Å²) in [5, 5.41) is 0. The van der Waals surface area contributed by atoms with E-state index in [-0.39, 0.29) is 6.10 Å². The van der Waals surface area contributed by atoms with Crippen molar-refractivity contribution in [3.63, 3.8) is 0 Å². The molecule has 0 spiro atoms. The van der Waals surface area contributed by atoms with E-state index < -0.39 is 8.07 Å². The maximum absolute atomic E-state index is 6.12. The largest absolute Gasteiger partial charge is 0.497 e. The molecule has 2 rings (SSSR count). The number of benzene rings is 2. The summed E-state index contributed by atoms with van der Waals surface area (Å²) in [4.78, 5) is 0. The molecule has 2 aromatic rings. The van der Waals surface area contributed by atoms with Gasteiger partial charge in [0.1, 0.15) is 32.3 Å².